The molecular formula is C20H20FN5O2. The standard InChI is InChI=1S/C20H20FN5O2/c21-16-3-5-17(6-4-16)25-20(28)19(27)24-13-14-7-10-26(11-8-14)18-15(12-22)2-1-9-23-18/h1-6,9,14H,7-8,10-11,13H2,(H,24,27)(H,25,28). The van der Waals surface area contributed by atoms with E-state index in [0.29, 0.717) is 23.6 Å². The van der Waals surface area contributed by atoms with Crippen LogP contribution in [0.3, 0.4) is 0 Å². The second-order valence-corrected chi connectivity index (χ2v) is 6.59. The summed E-state index contributed by atoms with van der Waals surface area (Å²) in [5.74, 6) is -0.986. The van der Waals surface area contributed by atoms with Gasteiger partial charge in [0.1, 0.15) is 17.7 Å². The van der Waals surface area contributed by atoms with Gasteiger partial charge in [-0.1, -0.05) is 0 Å². The number of amides is 2. The predicted molar refractivity (Wildman–Crippen MR) is 102 cm³/mol. The van der Waals surface area contributed by atoms with Crippen LogP contribution in [0.15, 0.2) is 42.6 Å². The van der Waals surface area contributed by atoms with Crippen molar-refractivity contribution in [1.82, 2.24) is 10.3 Å². The van der Waals surface area contributed by atoms with Crippen molar-refractivity contribution in [1.29, 1.82) is 5.26 Å². The monoisotopic (exact) mass is 381 g/mol. The van der Waals surface area contributed by atoms with Gasteiger partial charge < -0.3 is 15.5 Å². The molecule has 3 rings (SSSR count). The summed E-state index contributed by atoms with van der Waals surface area (Å²) in [5, 5.41) is 14.3. The Labute approximate surface area is 162 Å². The highest BCUT2D eigenvalue weighted by Crippen LogP contribution is 2.23. The molecule has 28 heavy (non-hydrogen) atoms. The first-order chi connectivity index (χ1) is 13.6. The van der Waals surface area contributed by atoms with E-state index in [1.54, 1.807) is 18.3 Å². The first-order valence-electron chi connectivity index (χ1n) is 9.01. The molecule has 2 aromatic rings. The van der Waals surface area contributed by atoms with Crippen molar-refractivity contribution in [3.05, 3.63) is 54.0 Å². The van der Waals surface area contributed by atoms with Crippen LogP contribution in [0.5, 0.6) is 0 Å². The summed E-state index contributed by atoms with van der Waals surface area (Å²) in [6, 6.07) is 10.8. The number of carbonyl (C=O) groups excluding carboxylic acids is 2. The Morgan fingerprint density at radius 2 is 1.89 bits per heavy atom. The van der Waals surface area contributed by atoms with Crippen LogP contribution in [0.2, 0.25) is 0 Å². The van der Waals surface area contributed by atoms with E-state index in [2.05, 4.69) is 26.6 Å². The lowest BCUT2D eigenvalue weighted by molar-refractivity contribution is -0.136. The van der Waals surface area contributed by atoms with Gasteiger partial charge in [-0.3, -0.25) is 9.59 Å². The Bertz CT molecular complexity index is 886. The zero-order valence-electron chi connectivity index (χ0n) is 15.2. The Morgan fingerprint density at radius 1 is 1.18 bits per heavy atom. The maximum absolute atomic E-state index is 12.9. The van der Waals surface area contributed by atoms with Crippen molar-refractivity contribution in [3.63, 3.8) is 0 Å². The van der Waals surface area contributed by atoms with E-state index in [4.69, 9.17) is 0 Å². The molecule has 0 atom stereocenters. The third-order valence-corrected chi connectivity index (χ3v) is 4.68. The van der Waals surface area contributed by atoms with Gasteiger partial charge in [-0.15, -0.1) is 0 Å². The molecule has 0 spiro atoms. The van der Waals surface area contributed by atoms with E-state index in [1.807, 2.05) is 0 Å². The predicted octanol–water partition coefficient (Wildman–Crippen LogP) is 2.06. The zero-order chi connectivity index (χ0) is 19.9. The van der Waals surface area contributed by atoms with Gasteiger partial charge in [0.05, 0.1) is 5.56 Å². The molecule has 144 valence electrons. The minimum atomic E-state index is -0.781. The van der Waals surface area contributed by atoms with Crippen molar-refractivity contribution in [3.8, 4) is 6.07 Å². The minimum Gasteiger partial charge on any atom is -0.356 e. The summed E-state index contributed by atoms with van der Waals surface area (Å²) in [4.78, 5) is 30.3. The first-order valence-corrected chi connectivity index (χ1v) is 9.01. The zero-order valence-corrected chi connectivity index (χ0v) is 15.2. The highest BCUT2D eigenvalue weighted by atomic mass is 19.1. The van der Waals surface area contributed by atoms with Crippen molar-refractivity contribution in [2.45, 2.75) is 12.8 Å². The topological polar surface area (TPSA) is 98.1 Å². The Morgan fingerprint density at radius 3 is 2.57 bits per heavy atom. The number of anilines is 2. The minimum absolute atomic E-state index is 0.244. The van der Waals surface area contributed by atoms with E-state index in [-0.39, 0.29) is 5.92 Å². The van der Waals surface area contributed by atoms with Gasteiger partial charge in [-0.25, -0.2) is 9.37 Å². The summed E-state index contributed by atoms with van der Waals surface area (Å²) in [7, 11) is 0. The summed E-state index contributed by atoms with van der Waals surface area (Å²) in [6.07, 6.45) is 3.31. The molecule has 2 amide bonds. The van der Waals surface area contributed by atoms with E-state index >= 15 is 0 Å². The van der Waals surface area contributed by atoms with Crippen molar-refractivity contribution in [2.75, 3.05) is 29.9 Å². The molecule has 7 nitrogen and oxygen atoms in total. The number of nitrogens with one attached hydrogen (secondary N) is 2. The third-order valence-electron chi connectivity index (χ3n) is 4.68. The number of nitriles is 1. The average molecular weight is 381 g/mol. The van der Waals surface area contributed by atoms with Gasteiger partial charge in [-0.2, -0.15) is 5.26 Å². The van der Waals surface area contributed by atoms with Crippen LogP contribution in [0.1, 0.15) is 18.4 Å². The molecule has 1 aromatic carbocycles. The second kappa shape index (κ2) is 8.95. The Hall–Kier alpha value is -3.47. The first kappa shape index (κ1) is 19.3. The van der Waals surface area contributed by atoms with Gasteiger partial charge >= 0.3 is 11.8 Å². The third kappa shape index (κ3) is 4.82. The van der Waals surface area contributed by atoms with Crippen LogP contribution in [-0.4, -0.2) is 36.4 Å². The van der Waals surface area contributed by atoms with Crippen molar-refractivity contribution in [2.24, 2.45) is 5.92 Å². The number of hydrogen-bond donors (Lipinski definition) is 2. The van der Waals surface area contributed by atoms with E-state index in [9.17, 15) is 19.2 Å². The number of carbonyl (C=O) groups is 2. The molecule has 1 saturated heterocycles. The molecule has 0 saturated carbocycles. The van der Waals surface area contributed by atoms with Gasteiger partial charge in [-0.05, 0) is 55.2 Å². The highest BCUT2D eigenvalue weighted by Gasteiger charge is 2.23. The van der Waals surface area contributed by atoms with Gasteiger partial charge in [0, 0.05) is 31.5 Å². The Balaban J connectivity index is 1.45. The lowest BCUT2D eigenvalue weighted by Crippen LogP contribution is -2.42. The molecule has 2 heterocycles. The molecule has 0 radical (unpaired) electrons. The molecule has 0 unspecified atom stereocenters. The number of pyridine rings is 1. The highest BCUT2D eigenvalue weighted by molar-refractivity contribution is 6.39. The van der Waals surface area contributed by atoms with Crippen LogP contribution in [0.4, 0.5) is 15.9 Å². The fraction of sp³-hybridized carbons (Fsp3) is 0.300. The number of halogens is 1. The summed E-state index contributed by atoms with van der Waals surface area (Å²) < 4.78 is 12.9. The van der Waals surface area contributed by atoms with Gasteiger partial charge in [0.25, 0.3) is 0 Å². The molecule has 1 aliphatic rings. The number of nitrogens with zero attached hydrogens (tertiary/aromatic N) is 3. The number of aromatic nitrogens is 1. The molecule has 0 bridgehead atoms. The molecule has 1 aromatic heterocycles. The largest absolute Gasteiger partial charge is 0.356 e. The second-order valence-electron chi connectivity index (χ2n) is 6.59. The number of rotatable bonds is 4. The van der Waals surface area contributed by atoms with Crippen LogP contribution < -0.4 is 15.5 Å². The van der Waals surface area contributed by atoms with Crippen LogP contribution in [0, 0.1) is 23.1 Å². The van der Waals surface area contributed by atoms with Crippen molar-refractivity contribution >= 4 is 23.3 Å². The quantitative estimate of drug-likeness (QED) is 0.790. The van der Waals surface area contributed by atoms with E-state index < -0.39 is 17.6 Å². The smallest absolute Gasteiger partial charge is 0.313 e. The number of piperidine rings is 1. The maximum atomic E-state index is 12.9. The lowest BCUT2D eigenvalue weighted by Gasteiger charge is -2.33. The Kier molecular flexibility index (Phi) is 6.17. The molecular weight excluding hydrogens is 361 g/mol. The number of hydrogen-bond acceptors (Lipinski definition) is 5. The molecule has 1 aliphatic heterocycles. The fourth-order valence-electron chi connectivity index (χ4n) is 3.12. The maximum Gasteiger partial charge on any atom is 0.313 e. The number of benzene rings is 1. The molecule has 0 aliphatic carbocycles. The van der Waals surface area contributed by atoms with E-state index in [1.165, 1.54) is 24.3 Å². The van der Waals surface area contributed by atoms with Gasteiger partial charge in [0.2, 0.25) is 0 Å². The normalized spacial score (nSPS) is 14.2. The van der Waals surface area contributed by atoms with Crippen LogP contribution in [0.25, 0.3) is 0 Å². The summed E-state index contributed by atoms with van der Waals surface area (Å²) >= 11 is 0. The SMILES string of the molecule is N#Cc1cccnc1N1CCC(CNC(=O)C(=O)Nc2ccc(F)cc2)CC1. The molecule has 2 N–H and O–H groups in total. The molecule has 8 heteroatoms. The van der Waals surface area contributed by atoms with Crippen LogP contribution in [-0.2, 0) is 9.59 Å². The lowest BCUT2D eigenvalue weighted by atomic mass is 9.96. The van der Waals surface area contributed by atoms with Gasteiger partial charge in [0.15, 0.2) is 0 Å². The average Bonchev–Trinajstić information content (AvgIpc) is 2.74. The van der Waals surface area contributed by atoms with E-state index in [0.717, 1.165) is 25.9 Å². The van der Waals surface area contributed by atoms with Crippen LogP contribution >= 0.6 is 0 Å². The van der Waals surface area contributed by atoms with Crippen molar-refractivity contribution < 1.29 is 14.0 Å². The molecule has 1 fully saturated rings. The summed E-state index contributed by atoms with van der Waals surface area (Å²) in [5.41, 5.74) is 0.908. The summed E-state index contributed by atoms with van der Waals surface area (Å²) in [6.45, 7) is 1.86. The fourth-order valence-corrected chi connectivity index (χ4v) is 3.12.